The van der Waals surface area contributed by atoms with Crippen molar-refractivity contribution in [2.45, 2.75) is 46.0 Å². The van der Waals surface area contributed by atoms with E-state index in [9.17, 15) is 4.79 Å². The molecule has 2 aliphatic rings. The van der Waals surface area contributed by atoms with Crippen LogP contribution < -0.4 is 0 Å². The summed E-state index contributed by atoms with van der Waals surface area (Å²) in [7, 11) is 0. The normalized spacial score (nSPS) is 32.1. The van der Waals surface area contributed by atoms with Gasteiger partial charge >= 0.3 is 0 Å². The van der Waals surface area contributed by atoms with Gasteiger partial charge in [-0.25, -0.2) is 0 Å². The molecule has 0 aromatic heterocycles. The molecule has 2 nitrogen and oxygen atoms in total. The van der Waals surface area contributed by atoms with Gasteiger partial charge in [0.05, 0.1) is 0 Å². The molecule has 0 aromatic carbocycles. The van der Waals surface area contributed by atoms with E-state index in [1.807, 2.05) is 0 Å². The SMILES string of the molecule is CC1(C)CCCC(CN2CCCC2)C1=O. The molecule has 2 rings (SSSR count). The van der Waals surface area contributed by atoms with Crippen LogP contribution in [0.5, 0.6) is 0 Å². The zero-order valence-corrected chi connectivity index (χ0v) is 10.1. The minimum atomic E-state index is -0.0529. The quantitative estimate of drug-likeness (QED) is 0.696. The molecule has 0 spiro atoms. The molecule has 1 aliphatic heterocycles. The average Bonchev–Trinajstić information content (AvgIpc) is 2.65. The van der Waals surface area contributed by atoms with Gasteiger partial charge in [0, 0.05) is 17.9 Å². The van der Waals surface area contributed by atoms with Crippen LogP contribution in [0, 0.1) is 11.3 Å². The Balaban J connectivity index is 1.93. The van der Waals surface area contributed by atoms with Gasteiger partial charge in [0.1, 0.15) is 5.78 Å². The molecule has 1 aliphatic carbocycles. The summed E-state index contributed by atoms with van der Waals surface area (Å²) in [6.07, 6.45) is 6.09. The Morgan fingerprint density at radius 1 is 1.27 bits per heavy atom. The number of hydrogen-bond donors (Lipinski definition) is 0. The molecule has 1 saturated carbocycles. The molecule has 0 aromatic rings. The highest BCUT2D eigenvalue weighted by atomic mass is 16.1. The second-order valence-corrected chi connectivity index (χ2v) is 5.85. The predicted molar refractivity (Wildman–Crippen MR) is 61.8 cm³/mol. The van der Waals surface area contributed by atoms with Gasteiger partial charge in [-0.05, 0) is 38.8 Å². The summed E-state index contributed by atoms with van der Waals surface area (Å²) in [5.74, 6) is 0.840. The third kappa shape index (κ3) is 2.41. The van der Waals surface area contributed by atoms with Crippen LogP contribution in [0.1, 0.15) is 46.0 Å². The fraction of sp³-hybridized carbons (Fsp3) is 0.923. The summed E-state index contributed by atoms with van der Waals surface area (Å²) in [6.45, 7) is 7.69. The molecule has 86 valence electrons. The van der Waals surface area contributed by atoms with E-state index in [0.29, 0.717) is 11.7 Å². The Morgan fingerprint density at radius 2 is 1.93 bits per heavy atom. The Labute approximate surface area is 93.0 Å². The lowest BCUT2D eigenvalue weighted by Gasteiger charge is -2.35. The molecule has 1 saturated heterocycles. The highest BCUT2D eigenvalue weighted by Gasteiger charge is 2.37. The number of rotatable bonds is 2. The van der Waals surface area contributed by atoms with E-state index in [1.54, 1.807) is 0 Å². The summed E-state index contributed by atoms with van der Waals surface area (Å²) >= 11 is 0. The molecular weight excluding hydrogens is 186 g/mol. The van der Waals surface area contributed by atoms with E-state index in [2.05, 4.69) is 18.7 Å². The molecule has 0 radical (unpaired) electrons. The predicted octanol–water partition coefficient (Wildman–Crippen LogP) is 2.48. The standard InChI is InChI=1S/C13H23NO/c1-13(2)7-5-6-11(12(13)15)10-14-8-3-4-9-14/h11H,3-10H2,1-2H3. The first-order valence-electron chi connectivity index (χ1n) is 6.36. The smallest absolute Gasteiger partial charge is 0.142 e. The van der Waals surface area contributed by atoms with Gasteiger partial charge in [-0.1, -0.05) is 20.3 Å². The number of hydrogen-bond acceptors (Lipinski definition) is 2. The van der Waals surface area contributed by atoms with Gasteiger partial charge in [0.15, 0.2) is 0 Å². The van der Waals surface area contributed by atoms with Gasteiger partial charge < -0.3 is 4.90 Å². The monoisotopic (exact) mass is 209 g/mol. The van der Waals surface area contributed by atoms with Gasteiger partial charge in [-0.2, -0.15) is 0 Å². The maximum absolute atomic E-state index is 12.2. The minimum absolute atomic E-state index is 0.0529. The van der Waals surface area contributed by atoms with Crippen molar-refractivity contribution < 1.29 is 4.79 Å². The molecule has 0 amide bonds. The summed E-state index contributed by atoms with van der Waals surface area (Å²) < 4.78 is 0. The van der Waals surface area contributed by atoms with E-state index in [-0.39, 0.29) is 5.41 Å². The summed E-state index contributed by atoms with van der Waals surface area (Å²) in [5.41, 5.74) is -0.0529. The molecule has 0 bridgehead atoms. The number of carbonyl (C=O) groups is 1. The van der Waals surface area contributed by atoms with Crippen molar-refractivity contribution in [2.75, 3.05) is 19.6 Å². The zero-order chi connectivity index (χ0) is 10.9. The molecule has 1 heterocycles. The first kappa shape index (κ1) is 11.1. The zero-order valence-electron chi connectivity index (χ0n) is 10.1. The van der Waals surface area contributed by atoms with E-state index in [1.165, 1.54) is 32.4 Å². The maximum atomic E-state index is 12.2. The van der Waals surface area contributed by atoms with Gasteiger partial charge in [0.25, 0.3) is 0 Å². The largest absolute Gasteiger partial charge is 0.303 e. The van der Waals surface area contributed by atoms with Gasteiger partial charge in [0.2, 0.25) is 0 Å². The first-order valence-corrected chi connectivity index (χ1v) is 6.36. The molecular formula is C13H23NO. The van der Waals surface area contributed by atoms with Crippen LogP contribution >= 0.6 is 0 Å². The Hall–Kier alpha value is -0.370. The van der Waals surface area contributed by atoms with Crippen molar-refractivity contribution in [3.8, 4) is 0 Å². The van der Waals surface area contributed by atoms with Gasteiger partial charge in [-0.3, -0.25) is 4.79 Å². The molecule has 0 N–H and O–H groups in total. The van der Waals surface area contributed by atoms with Gasteiger partial charge in [-0.15, -0.1) is 0 Å². The fourth-order valence-corrected chi connectivity index (χ4v) is 3.05. The molecule has 1 atom stereocenters. The topological polar surface area (TPSA) is 20.3 Å². The fourth-order valence-electron chi connectivity index (χ4n) is 3.05. The summed E-state index contributed by atoms with van der Waals surface area (Å²) in [6, 6.07) is 0. The maximum Gasteiger partial charge on any atom is 0.142 e. The molecule has 2 fully saturated rings. The highest BCUT2D eigenvalue weighted by molar-refractivity contribution is 5.87. The average molecular weight is 209 g/mol. The highest BCUT2D eigenvalue weighted by Crippen LogP contribution is 2.35. The van der Waals surface area contributed by atoms with E-state index in [0.717, 1.165) is 19.4 Å². The Bertz CT molecular complexity index is 241. The third-order valence-corrected chi connectivity index (χ3v) is 4.07. The van der Waals surface area contributed by atoms with Crippen LogP contribution in [-0.2, 0) is 4.79 Å². The van der Waals surface area contributed by atoms with Crippen molar-refractivity contribution in [1.82, 2.24) is 4.90 Å². The lowest BCUT2D eigenvalue weighted by molar-refractivity contribution is -0.134. The first-order chi connectivity index (χ1) is 7.09. The number of carbonyl (C=O) groups excluding carboxylic acids is 1. The van der Waals surface area contributed by atoms with E-state index in [4.69, 9.17) is 0 Å². The Morgan fingerprint density at radius 3 is 2.60 bits per heavy atom. The van der Waals surface area contributed by atoms with Crippen LogP contribution in [0.15, 0.2) is 0 Å². The van der Waals surface area contributed by atoms with Crippen LogP contribution in [0.4, 0.5) is 0 Å². The van der Waals surface area contributed by atoms with Crippen LogP contribution in [0.3, 0.4) is 0 Å². The number of nitrogens with zero attached hydrogens (tertiary/aromatic N) is 1. The van der Waals surface area contributed by atoms with Crippen LogP contribution in [0.25, 0.3) is 0 Å². The summed E-state index contributed by atoms with van der Waals surface area (Å²) in [5, 5.41) is 0. The number of Topliss-reactive ketones (excluding diaryl/α,β-unsaturated/α-hetero) is 1. The molecule has 15 heavy (non-hydrogen) atoms. The third-order valence-electron chi connectivity index (χ3n) is 4.07. The lowest BCUT2D eigenvalue weighted by Crippen LogP contribution is -2.41. The van der Waals surface area contributed by atoms with Crippen molar-refractivity contribution in [3.63, 3.8) is 0 Å². The van der Waals surface area contributed by atoms with Crippen molar-refractivity contribution in [2.24, 2.45) is 11.3 Å². The number of ketones is 1. The van der Waals surface area contributed by atoms with E-state index < -0.39 is 0 Å². The minimum Gasteiger partial charge on any atom is -0.303 e. The lowest BCUT2D eigenvalue weighted by atomic mass is 9.71. The van der Waals surface area contributed by atoms with Crippen molar-refractivity contribution in [3.05, 3.63) is 0 Å². The molecule has 2 heteroatoms. The Kier molecular flexibility index (Phi) is 3.15. The van der Waals surface area contributed by atoms with Crippen LogP contribution in [0.2, 0.25) is 0 Å². The van der Waals surface area contributed by atoms with Crippen molar-refractivity contribution >= 4 is 5.78 Å². The second-order valence-electron chi connectivity index (χ2n) is 5.85. The summed E-state index contributed by atoms with van der Waals surface area (Å²) in [4.78, 5) is 14.7. The van der Waals surface area contributed by atoms with Crippen LogP contribution in [-0.4, -0.2) is 30.3 Å². The number of likely N-dealkylation sites (tertiary alicyclic amines) is 1. The second kappa shape index (κ2) is 4.25. The molecule has 1 unspecified atom stereocenters. The van der Waals surface area contributed by atoms with E-state index >= 15 is 0 Å². The van der Waals surface area contributed by atoms with Crippen molar-refractivity contribution in [1.29, 1.82) is 0 Å².